The molecule has 0 spiro atoms. The molecule has 8 aromatic rings. The summed E-state index contributed by atoms with van der Waals surface area (Å²) in [6.45, 7) is 8.84. The Kier molecular flexibility index (Phi) is 8.28. The highest BCUT2D eigenvalue weighted by atomic mass is 14.5. The Bertz CT molecular complexity index is 2430. The summed E-state index contributed by atoms with van der Waals surface area (Å²) in [5.41, 5.74) is 21.1. The van der Waals surface area contributed by atoms with Crippen molar-refractivity contribution in [3.8, 4) is 22.3 Å². The van der Waals surface area contributed by atoms with Gasteiger partial charge in [0.2, 0.25) is 0 Å². The van der Waals surface area contributed by atoms with Gasteiger partial charge in [-0.25, -0.2) is 0 Å². The van der Waals surface area contributed by atoms with Gasteiger partial charge in [-0.15, -0.1) is 0 Å². The Labute approximate surface area is 320 Å². The summed E-state index contributed by atoms with van der Waals surface area (Å²) in [6.07, 6.45) is 0. The first-order chi connectivity index (χ1) is 26.5. The van der Waals surface area contributed by atoms with Gasteiger partial charge in [-0.2, -0.15) is 0 Å². The molecule has 0 aliphatic heterocycles. The molecule has 0 radical (unpaired) electrons. The summed E-state index contributed by atoms with van der Waals surface area (Å²) in [6, 6.07) is 71.2. The summed E-state index contributed by atoms with van der Waals surface area (Å²) < 4.78 is 0. The van der Waals surface area contributed by atoms with Gasteiger partial charge < -0.3 is 0 Å². The van der Waals surface area contributed by atoms with Crippen molar-refractivity contribution in [3.63, 3.8) is 0 Å². The van der Waals surface area contributed by atoms with E-state index >= 15 is 0 Å². The van der Waals surface area contributed by atoms with Crippen molar-refractivity contribution in [2.45, 2.75) is 38.5 Å². The monoisotopic (exact) mass is 692 g/mol. The Morgan fingerprint density at radius 1 is 0.278 bits per heavy atom. The molecule has 0 aromatic heterocycles. The third-order valence-electron chi connectivity index (χ3n) is 11.9. The average molecular weight is 693 g/mol. The molecular formula is C54H44. The fraction of sp³-hybridized carbons (Fsp3) is 0.111. The molecule has 0 N–H and O–H groups in total. The number of rotatable bonds is 4. The summed E-state index contributed by atoms with van der Waals surface area (Å²) in [7, 11) is 0. The highest BCUT2D eigenvalue weighted by molar-refractivity contribution is 5.90. The standard InChI is InChI=1S/2C27H22/c1-19-11-9-17-23-25(19)26-20(2)12-10-18-24(26)27(23,21-13-5-3-6-14-21)22-15-7-4-8-16-22;1-19-13-15-25-23(17-19)24-18-20(2)14-16-26(24)27(25,21-9-5-3-6-10-21)22-11-7-4-8-12-22/h2*3-18H,1-2H3. The molecule has 0 nitrogen and oxygen atoms in total. The van der Waals surface area contributed by atoms with Crippen molar-refractivity contribution in [3.05, 3.63) is 261 Å². The van der Waals surface area contributed by atoms with Crippen molar-refractivity contribution in [2.24, 2.45) is 0 Å². The van der Waals surface area contributed by atoms with E-state index in [0.717, 1.165) is 0 Å². The van der Waals surface area contributed by atoms with Gasteiger partial charge in [0.15, 0.2) is 0 Å². The maximum Gasteiger partial charge on any atom is 0.0713 e. The molecular weight excluding hydrogens is 649 g/mol. The lowest BCUT2D eigenvalue weighted by Crippen LogP contribution is -2.28. The van der Waals surface area contributed by atoms with Gasteiger partial charge in [0.1, 0.15) is 0 Å². The lowest BCUT2D eigenvalue weighted by molar-refractivity contribution is 0.767. The van der Waals surface area contributed by atoms with E-state index < -0.39 is 0 Å². The van der Waals surface area contributed by atoms with Crippen molar-refractivity contribution in [2.75, 3.05) is 0 Å². The van der Waals surface area contributed by atoms with E-state index in [0.29, 0.717) is 0 Å². The molecule has 0 unspecified atom stereocenters. The molecule has 260 valence electrons. The number of aryl methyl sites for hydroxylation is 4. The van der Waals surface area contributed by atoms with E-state index in [1.165, 1.54) is 89.0 Å². The lowest BCUT2D eigenvalue weighted by Gasteiger charge is -2.34. The quantitative estimate of drug-likeness (QED) is 0.172. The van der Waals surface area contributed by atoms with Crippen LogP contribution < -0.4 is 0 Å². The minimum Gasteiger partial charge on any atom is -0.0622 e. The van der Waals surface area contributed by atoms with Crippen molar-refractivity contribution in [1.29, 1.82) is 0 Å². The summed E-state index contributed by atoms with van der Waals surface area (Å²) in [5.74, 6) is 0. The van der Waals surface area contributed by atoms with E-state index in [1.807, 2.05) is 0 Å². The average Bonchev–Trinajstić information content (AvgIpc) is 3.69. The number of benzene rings is 8. The Morgan fingerprint density at radius 2 is 0.593 bits per heavy atom. The first-order valence-corrected chi connectivity index (χ1v) is 19.1. The van der Waals surface area contributed by atoms with Crippen LogP contribution in [0.3, 0.4) is 0 Å². The van der Waals surface area contributed by atoms with Crippen LogP contribution in [-0.4, -0.2) is 0 Å². The Balaban J connectivity index is 0.000000142. The molecule has 10 rings (SSSR count). The molecule has 0 heterocycles. The molecule has 0 heteroatoms. The van der Waals surface area contributed by atoms with Crippen LogP contribution in [0.15, 0.2) is 194 Å². The Hall–Kier alpha value is -6.24. The van der Waals surface area contributed by atoms with E-state index in [2.05, 4.69) is 222 Å². The summed E-state index contributed by atoms with van der Waals surface area (Å²) in [5, 5.41) is 0. The predicted octanol–water partition coefficient (Wildman–Crippen LogP) is 13.3. The zero-order valence-electron chi connectivity index (χ0n) is 31.5. The van der Waals surface area contributed by atoms with Crippen LogP contribution >= 0.6 is 0 Å². The minimum absolute atomic E-state index is 0.269. The predicted molar refractivity (Wildman–Crippen MR) is 226 cm³/mol. The van der Waals surface area contributed by atoms with E-state index in [-0.39, 0.29) is 10.8 Å². The van der Waals surface area contributed by atoms with Gasteiger partial charge in [-0.3, -0.25) is 0 Å². The lowest BCUT2D eigenvalue weighted by atomic mass is 9.67. The van der Waals surface area contributed by atoms with E-state index in [1.54, 1.807) is 0 Å². The van der Waals surface area contributed by atoms with Crippen LogP contribution in [-0.2, 0) is 10.8 Å². The Morgan fingerprint density at radius 3 is 0.926 bits per heavy atom. The number of fused-ring (bicyclic) bond motifs is 6. The zero-order valence-corrected chi connectivity index (χ0v) is 31.5. The maximum atomic E-state index is 2.35. The van der Waals surface area contributed by atoms with Crippen molar-refractivity contribution >= 4 is 0 Å². The largest absolute Gasteiger partial charge is 0.0713 e. The van der Waals surface area contributed by atoms with Crippen LogP contribution in [0.1, 0.15) is 66.8 Å². The molecule has 2 aliphatic rings. The maximum absolute atomic E-state index is 2.35. The first kappa shape index (κ1) is 33.6. The molecule has 0 saturated heterocycles. The van der Waals surface area contributed by atoms with Gasteiger partial charge in [0.25, 0.3) is 0 Å². The van der Waals surface area contributed by atoms with E-state index in [9.17, 15) is 0 Å². The number of hydrogen-bond donors (Lipinski definition) is 0. The molecule has 0 fully saturated rings. The fourth-order valence-corrected chi connectivity index (χ4v) is 9.66. The van der Waals surface area contributed by atoms with Gasteiger partial charge in [0, 0.05) is 0 Å². The molecule has 8 aromatic carbocycles. The van der Waals surface area contributed by atoms with Crippen LogP contribution in [0.5, 0.6) is 0 Å². The molecule has 0 bridgehead atoms. The fourth-order valence-electron chi connectivity index (χ4n) is 9.66. The molecule has 0 amide bonds. The molecule has 54 heavy (non-hydrogen) atoms. The zero-order chi connectivity index (χ0) is 36.9. The molecule has 2 aliphatic carbocycles. The normalized spacial score (nSPS) is 13.9. The topological polar surface area (TPSA) is 0 Å². The second-order valence-corrected chi connectivity index (χ2v) is 15.1. The first-order valence-electron chi connectivity index (χ1n) is 19.1. The minimum atomic E-state index is -0.273. The van der Waals surface area contributed by atoms with Crippen LogP contribution in [0.25, 0.3) is 22.3 Å². The third-order valence-corrected chi connectivity index (χ3v) is 11.9. The van der Waals surface area contributed by atoms with Gasteiger partial charge in [-0.05, 0) is 106 Å². The second-order valence-electron chi connectivity index (χ2n) is 15.1. The summed E-state index contributed by atoms with van der Waals surface area (Å²) >= 11 is 0. The SMILES string of the molecule is Cc1ccc2c(c1)-c1cc(C)ccc1C2(c1ccccc1)c1ccccc1.Cc1cccc2c1-c1c(C)cccc1C2(c1ccccc1)c1ccccc1. The van der Waals surface area contributed by atoms with Crippen LogP contribution in [0, 0.1) is 27.7 Å². The highest BCUT2D eigenvalue weighted by Gasteiger charge is 2.47. The highest BCUT2D eigenvalue weighted by Crippen LogP contribution is 2.58. The van der Waals surface area contributed by atoms with E-state index in [4.69, 9.17) is 0 Å². The number of hydrogen-bond acceptors (Lipinski definition) is 0. The van der Waals surface area contributed by atoms with Crippen LogP contribution in [0.4, 0.5) is 0 Å². The van der Waals surface area contributed by atoms with Crippen LogP contribution in [0.2, 0.25) is 0 Å². The van der Waals surface area contributed by atoms with Crippen molar-refractivity contribution < 1.29 is 0 Å². The molecule has 0 atom stereocenters. The third kappa shape index (κ3) is 4.97. The van der Waals surface area contributed by atoms with Gasteiger partial charge in [0.05, 0.1) is 10.8 Å². The molecule has 0 saturated carbocycles. The summed E-state index contributed by atoms with van der Waals surface area (Å²) in [4.78, 5) is 0. The van der Waals surface area contributed by atoms with Gasteiger partial charge in [-0.1, -0.05) is 205 Å². The van der Waals surface area contributed by atoms with Gasteiger partial charge >= 0.3 is 0 Å². The second kappa shape index (κ2) is 13.3. The van der Waals surface area contributed by atoms with Crippen molar-refractivity contribution in [1.82, 2.24) is 0 Å². The smallest absolute Gasteiger partial charge is 0.0622 e.